The lowest BCUT2D eigenvalue weighted by Gasteiger charge is -2.24. The minimum atomic E-state index is -0.972. The summed E-state index contributed by atoms with van der Waals surface area (Å²) >= 11 is 0. The molecule has 0 aromatic carbocycles. The van der Waals surface area contributed by atoms with Crippen molar-refractivity contribution in [2.75, 3.05) is 43.4 Å². The zero-order chi connectivity index (χ0) is 29.3. The fourth-order valence-corrected chi connectivity index (χ4v) is 5.06. The Morgan fingerprint density at radius 2 is 2.12 bits per heavy atom. The molecule has 0 spiro atoms. The average molecular weight is 578 g/mol. The molecule has 5 heterocycles. The molecule has 4 aromatic rings. The quantitative estimate of drug-likeness (QED) is 0.179. The first-order valence-corrected chi connectivity index (χ1v) is 14.3. The molecular formula is C29H36FN9O3. The Morgan fingerprint density at radius 1 is 1.21 bits per heavy atom. The molecule has 1 atom stereocenters. The van der Waals surface area contributed by atoms with Gasteiger partial charge in [-0.1, -0.05) is 6.07 Å². The summed E-state index contributed by atoms with van der Waals surface area (Å²) in [5.41, 5.74) is 2.96. The van der Waals surface area contributed by atoms with Crippen molar-refractivity contribution >= 4 is 28.6 Å². The normalized spacial score (nSPS) is 13.5. The molecule has 0 bridgehead atoms. The van der Waals surface area contributed by atoms with Crippen molar-refractivity contribution in [3.8, 4) is 5.75 Å². The fraction of sp³-hybridized carbons (Fsp3) is 0.448. The second-order valence-electron chi connectivity index (χ2n) is 10.4. The third kappa shape index (κ3) is 7.66. The number of carboxylic acid groups (broad SMARTS) is 1. The number of nitrogens with zero attached hydrogens (tertiary/aromatic N) is 7. The Bertz CT molecular complexity index is 1500. The molecule has 1 aliphatic rings. The number of carbonyl (C=O) groups is 1. The van der Waals surface area contributed by atoms with Gasteiger partial charge in [0.25, 0.3) is 0 Å². The van der Waals surface area contributed by atoms with Crippen LogP contribution in [0.1, 0.15) is 36.9 Å². The molecule has 3 N–H and O–H groups in total. The summed E-state index contributed by atoms with van der Waals surface area (Å²) in [6.07, 6.45) is 10.9. The van der Waals surface area contributed by atoms with Crippen molar-refractivity contribution in [1.82, 2.24) is 34.6 Å². The number of aryl methyl sites for hydroxylation is 3. The van der Waals surface area contributed by atoms with Crippen molar-refractivity contribution in [2.45, 2.75) is 44.6 Å². The van der Waals surface area contributed by atoms with E-state index in [2.05, 4.69) is 47.7 Å². The number of nitrogens with one attached hydrogen (secondary N) is 2. The highest BCUT2D eigenvalue weighted by Crippen LogP contribution is 2.21. The zero-order valence-corrected chi connectivity index (χ0v) is 23.7. The third-order valence-electron chi connectivity index (χ3n) is 7.34. The van der Waals surface area contributed by atoms with Gasteiger partial charge in [0.2, 0.25) is 0 Å². The summed E-state index contributed by atoms with van der Waals surface area (Å²) in [5, 5.41) is 21.3. The van der Waals surface area contributed by atoms with E-state index in [1.165, 1.54) is 24.2 Å². The van der Waals surface area contributed by atoms with Gasteiger partial charge in [-0.05, 0) is 56.7 Å². The van der Waals surface area contributed by atoms with Gasteiger partial charge in [-0.2, -0.15) is 5.10 Å². The Hall–Kier alpha value is -4.39. The molecule has 42 heavy (non-hydrogen) atoms. The largest absolute Gasteiger partial charge is 0.491 e. The number of hydrogen-bond donors (Lipinski definition) is 3. The van der Waals surface area contributed by atoms with Gasteiger partial charge >= 0.3 is 5.97 Å². The van der Waals surface area contributed by atoms with E-state index in [0.29, 0.717) is 48.7 Å². The van der Waals surface area contributed by atoms with Gasteiger partial charge < -0.3 is 20.5 Å². The molecule has 0 saturated heterocycles. The maximum atomic E-state index is 13.5. The molecular weight excluding hydrogens is 541 g/mol. The van der Waals surface area contributed by atoms with Gasteiger partial charge in [-0.25, -0.2) is 24.1 Å². The first kappa shape index (κ1) is 29.1. The molecule has 0 radical (unpaired) electrons. The van der Waals surface area contributed by atoms with Gasteiger partial charge in [0, 0.05) is 38.4 Å². The van der Waals surface area contributed by atoms with Crippen LogP contribution in [0.5, 0.6) is 5.75 Å². The van der Waals surface area contributed by atoms with Crippen molar-refractivity contribution in [2.24, 2.45) is 7.05 Å². The highest BCUT2D eigenvalue weighted by Gasteiger charge is 2.21. The monoisotopic (exact) mass is 577 g/mol. The van der Waals surface area contributed by atoms with Crippen molar-refractivity contribution in [1.29, 1.82) is 0 Å². The lowest BCUT2D eigenvalue weighted by atomic mass is 10.1. The minimum Gasteiger partial charge on any atom is -0.491 e. The third-order valence-corrected chi connectivity index (χ3v) is 7.34. The maximum absolute atomic E-state index is 13.5. The van der Waals surface area contributed by atoms with Crippen molar-refractivity contribution in [3.05, 3.63) is 60.2 Å². The number of hydrogen-bond acceptors (Lipinski definition) is 10. The molecule has 5 rings (SSSR count). The van der Waals surface area contributed by atoms with Crippen LogP contribution in [0, 0.1) is 5.82 Å². The summed E-state index contributed by atoms with van der Waals surface area (Å²) < 4.78 is 20.9. The number of rotatable bonds is 15. The average Bonchev–Trinajstić information content (AvgIpc) is 3.38. The van der Waals surface area contributed by atoms with E-state index in [4.69, 9.17) is 9.72 Å². The highest BCUT2D eigenvalue weighted by atomic mass is 19.1. The second-order valence-corrected chi connectivity index (χ2v) is 10.4. The van der Waals surface area contributed by atoms with Crippen LogP contribution in [0.4, 0.5) is 16.0 Å². The summed E-state index contributed by atoms with van der Waals surface area (Å²) in [6.45, 7) is 3.08. The second kappa shape index (κ2) is 14.0. The summed E-state index contributed by atoms with van der Waals surface area (Å²) in [5.74, 6) is 0.360. The number of aliphatic carboxylic acids is 1. The molecule has 1 unspecified atom stereocenters. The van der Waals surface area contributed by atoms with Gasteiger partial charge in [-0.15, -0.1) is 0 Å². The highest BCUT2D eigenvalue weighted by molar-refractivity contribution is 5.88. The molecule has 0 amide bonds. The van der Waals surface area contributed by atoms with E-state index in [1.807, 2.05) is 0 Å². The van der Waals surface area contributed by atoms with Crippen LogP contribution in [-0.4, -0.2) is 84.5 Å². The lowest BCUT2D eigenvalue weighted by molar-refractivity contribution is -0.138. The fourth-order valence-electron chi connectivity index (χ4n) is 5.06. The van der Waals surface area contributed by atoms with Crippen LogP contribution in [0.15, 0.2) is 43.1 Å². The standard InChI is InChI=1S/C29H36FN9O3/c1-38-28-24(18-35-38)27(33-19-34-28)37-25(29(40)41)9-12-39(13-14-42-23-15-21(30)16-31-17-23)11-3-2-6-22-8-7-20-5-4-10-32-26(20)36-22/h7-8,15-19,25H,2-6,9-14H2,1H3,(H,32,36)(H,40,41)(H,33,34,37). The van der Waals surface area contributed by atoms with E-state index in [9.17, 15) is 14.3 Å². The number of halogens is 1. The zero-order valence-electron chi connectivity index (χ0n) is 23.7. The van der Waals surface area contributed by atoms with Crippen LogP contribution in [0.3, 0.4) is 0 Å². The number of pyridine rings is 2. The van der Waals surface area contributed by atoms with E-state index in [1.54, 1.807) is 17.9 Å². The Kier molecular flexibility index (Phi) is 9.70. The van der Waals surface area contributed by atoms with Crippen LogP contribution < -0.4 is 15.4 Å². The number of carboxylic acids is 1. The molecule has 222 valence electrons. The molecule has 0 saturated carbocycles. The molecule has 0 aliphatic carbocycles. The summed E-state index contributed by atoms with van der Waals surface area (Å²) in [4.78, 5) is 31.5. The first-order chi connectivity index (χ1) is 20.5. The van der Waals surface area contributed by atoms with E-state index >= 15 is 0 Å². The van der Waals surface area contributed by atoms with Crippen molar-refractivity contribution in [3.63, 3.8) is 0 Å². The van der Waals surface area contributed by atoms with Gasteiger partial charge in [0.1, 0.15) is 42.2 Å². The SMILES string of the molecule is Cn1ncc2c(NC(CCN(CCCCc3ccc4c(n3)NCCC4)CCOc3cncc(F)c3)C(=O)O)ncnc21. The molecule has 12 nitrogen and oxygen atoms in total. The van der Waals surface area contributed by atoms with Crippen LogP contribution in [-0.2, 0) is 24.7 Å². The first-order valence-electron chi connectivity index (χ1n) is 14.3. The predicted molar refractivity (Wildman–Crippen MR) is 156 cm³/mol. The van der Waals surface area contributed by atoms with Gasteiger partial charge in [-0.3, -0.25) is 14.6 Å². The van der Waals surface area contributed by atoms with Gasteiger partial charge in [0.15, 0.2) is 5.65 Å². The predicted octanol–water partition coefficient (Wildman–Crippen LogP) is 3.31. The number of unbranched alkanes of at least 4 members (excludes halogenated alkanes) is 1. The lowest BCUT2D eigenvalue weighted by Crippen LogP contribution is -2.37. The van der Waals surface area contributed by atoms with Crippen LogP contribution in [0.25, 0.3) is 11.0 Å². The topological polar surface area (TPSA) is 143 Å². The Morgan fingerprint density at radius 3 is 2.98 bits per heavy atom. The van der Waals surface area contributed by atoms with Crippen molar-refractivity contribution < 1.29 is 19.0 Å². The Balaban J connectivity index is 1.18. The molecule has 13 heteroatoms. The minimum absolute atomic E-state index is 0.316. The molecule has 4 aromatic heterocycles. The molecule has 0 fully saturated rings. The van der Waals surface area contributed by atoms with E-state index in [0.717, 1.165) is 62.9 Å². The maximum Gasteiger partial charge on any atom is 0.326 e. The van der Waals surface area contributed by atoms with Crippen LogP contribution in [0.2, 0.25) is 0 Å². The smallest absolute Gasteiger partial charge is 0.326 e. The Labute approximate surface area is 243 Å². The summed E-state index contributed by atoms with van der Waals surface area (Å²) in [6, 6.07) is 4.71. The van der Waals surface area contributed by atoms with Gasteiger partial charge in [0.05, 0.1) is 24.0 Å². The van der Waals surface area contributed by atoms with E-state index < -0.39 is 17.8 Å². The molecule has 1 aliphatic heterocycles. The van der Waals surface area contributed by atoms with E-state index in [-0.39, 0.29) is 0 Å². The number of fused-ring (bicyclic) bond motifs is 2. The summed E-state index contributed by atoms with van der Waals surface area (Å²) in [7, 11) is 1.77. The number of ether oxygens (including phenoxy) is 1. The number of aromatic nitrogens is 6. The van der Waals surface area contributed by atoms with Crippen LogP contribution >= 0.6 is 0 Å². The number of anilines is 2.